The van der Waals surface area contributed by atoms with E-state index in [1.807, 2.05) is 6.07 Å². The molecule has 3 nitrogen and oxygen atoms in total. The van der Waals surface area contributed by atoms with Gasteiger partial charge in [-0.25, -0.2) is 4.98 Å². The molecule has 0 aliphatic heterocycles. The van der Waals surface area contributed by atoms with E-state index < -0.39 is 0 Å². The van der Waals surface area contributed by atoms with Gasteiger partial charge in [-0.05, 0) is 5.57 Å². The minimum Gasteiger partial charge on any atom is -0.319 e. The van der Waals surface area contributed by atoms with Crippen LogP contribution in [0.25, 0.3) is 0 Å². The molecule has 0 fully saturated rings. The molecule has 1 aromatic heterocycles. The topological polar surface area (TPSA) is 41.6 Å². The van der Waals surface area contributed by atoms with Crippen LogP contribution in [0.15, 0.2) is 24.5 Å². The Morgan fingerprint density at radius 3 is 3.17 bits per heavy atom. The van der Waals surface area contributed by atoms with Gasteiger partial charge in [-0.2, -0.15) is 17.9 Å². The number of aromatic nitrogens is 2. The Hall–Kier alpha value is -1.21. The molecule has 0 amide bonds. The third-order valence-electron chi connectivity index (χ3n) is 1.43. The zero-order valence-electron chi connectivity index (χ0n) is 6.56. The second kappa shape index (κ2) is 3.98. The van der Waals surface area contributed by atoms with Crippen molar-refractivity contribution in [1.29, 1.82) is 5.26 Å². The summed E-state index contributed by atoms with van der Waals surface area (Å²) in [5.74, 6) is 1.04. The van der Waals surface area contributed by atoms with Crippen molar-refractivity contribution in [1.82, 2.24) is 9.55 Å². The molecule has 0 N–H and O–H groups in total. The van der Waals surface area contributed by atoms with Crippen LogP contribution in [0, 0.1) is 11.3 Å². The number of imidazole rings is 1. The molecule has 0 saturated carbocycles. The number of nitriles is 1. The lowest BCUT2D eigenvalue weighted by Gasteiger charge is -2.03. The predicted octanol–water partition coefficient (Wildman–Crippen LogP) is 1.24. The molecule has 62 valence electrons. The number of hydrogen-bond donors (Lipinski definition) is 1. The highest BCUT2D eigenvalue weighted by atomic mass is 32.1. The molecule has 0 unspecified atom stereocenters. The van der Waals surface area contributed by atoms with Crippen LogP contribution >= 0.6 is 12.6 Å². The monoisotopic (exact) mass is 179 g/mol. The van der Waals surface area contributed by atoms with Crippen molar-refractivity contribution in [2.24, 2.45) is 0 Å². The summed E-state index contributed by atoms with van der Waals surface area (Å²) < 4.78 is 1.75. The lowest BCUT2D eigenvalue weighted by molar-refractivity contribution is 0.773. The highest BCUT2D eigenvalue weighted by Crippen LogP contribution is 2.02. The van der Waals surface area contributed by atoms with Crippen LogP contribution in [0.2, 0.25) is 0 Å². The molecular formula is C8H9N3S. The first kappa shape index (κ1) is 8.88. The van der Waals surface area contributed by atoms with Crippen molar-refractivity contribution < 1.29 is 0 Å². The van der Waals surface area contributed by atoms with Crippen LogP contribution in [0.1, 0.15) is 5.82 Å². The summed E-state index contributed by atoms with van der Waals surface area (Å²) >= 11 is 4.07. The van der Waals surface area contributed by atoms with Gasteiger partial charge in [0.05, 0.1) is 0 Å². The summed E-state index contributed by atoms with van der Waals surface area (Å²) in [6.45, 7) is 4.41. The average molecular weight is 179 g/mol. The number of rotatable bonds is 3. The average Bonchev–Trinajstić information content (AvgIpc) is 2.51. The van der Waals surface area contributed by atoms with Crippen molar-refractivity contribution in [3.63, 3.8) is 0 Å². The molecule has 0 spiro atoms. The first-order chi connectivity index (χ1) is 5.77. The quantitative estimate of drug-likeness (QED) is 0.560. The summed E-state index contributed by atoms with van der Waals surface area (Å²) in [6, 6.07) is 1.99. The Morgan fingerprint density at radius 2 is 2.58 bits per heavy atom. The van der Waals surface area contributed by atoms with Gasteiger partial charge in [-0.1, -0.05) is 6.58 Å². The molecule has 0 aliphatic carbocycles. The van der Waals surface area contributed by atoms with Gasteiger partial charge in [0.2, 0.25) is 5.82 Å². The van der Waals surface area contributed by atoms with Crippen LogP contribution < -0.4 is 0 Å². The van der Waals surface area contributed by atoms with Crippen molar-refractivity contribution in [3.05, 3.63) is 30.4 Å². The lowest BCUT2D eigenvalue weighted by atomic mass is 10.3. The van der Waals surface area contributed by atoms with E-state index >= 15 is 0 Å². The van der Waals surface area contributed by atoms with E-state index in [1.54, 1.807) is 17.0 Å². The van der Waals surface area contributed by atoms with Gasteiger partial charge in [0.25, 0.3) is 0 Å². The molecule has 0 aromatic carbocycles. The molecule has 12 heavy (non-hydrogen) atoms. The minimum atomic E-state index is 0.415. The second-order valence-electron chi connectivity index (χ2n) is 2.40. The molecule has 1 aromatic rings. The summed E-state index contributed by atoms with van der Waals surface area (Å²) in [7, 11) is 0. The number of thiol groups is 1. The maximum absolute atomic E-state index is 8.61. The van der Waals surface area contributed by atoms with Gasteiger partial charge >= 0.3 is 0 Å². The lowest BCUT2D eigenvalue weighted by Crippen LogP contribution is -2.02. The van der Waals surface area contributed by atoms with Crippen LogP contribution in [-0.4, -0.2) is 15.3 Å². The van der Waals surface area contributed by atoms with Gasteiger partial charge in [0.1, 0.15) is 6.07 Å². The number of nitrogens with zero attached hydrogens (tertiary/aromatic N) is 3. The summed E-state index contributed by atoms with van der Waals surface area (Å²) in [5, 5.41) is 8.61. The highest BCUT2D eigenvalue weighted by Gasteiger charge is 2.00. The minimum absolute atomic E-state index is 0.415. The Labute approximate surface area is 76.8 Å². The van der Waals surface area contributed by atoms with Gasteiger partial charge < -0.3 is 4.57 Å². The SMILES string of the molecule is C=C(CS)Cn1ccnc1C#N. The first-order valence-corrected chi connectivity index (χ1v) is 4.10. The molecule has 1 heterocycles. The summed E-state index contributed by atoms with van der Waals surface area (Å²) in [4.78, 5) is 3.86. The molecule has 0 aliphatic rings. The van der Waals surface area contributed by atoms with Crippen LogP contribution in [0.3, 0.4) is 0 Å². The zero-order chi connectivity index (χ0) is 8.97. The molecule has 1 rings (SSSR count). The molecule has 0 saturated heterocycles. The normalized spacial score (nSPS) is 9.33. The zero-order valence-corrected chi connectivity index (χ0v) is 7.46. The maximum atomic E-state index is 8.61. The van der Waals surface area contributed by atoms with E-state index in [0.717, 1.165) is 5.57 Å². The molecule has 0 atom stereocenters. The Balaban J connectivity index is 2.76. The van der Waals surface area contributed by atoms with Crippen molar-refractivity contribution >= 4 is 12.6 Å². The fourth-order valence-electron chi connectivity index (χ4n) is 0.841. The third kappa shape index (κ3) is 1.89. The van der Waals surface area contributed by atoms with E-state index in [4.69, 9.17) is 5.26 Å². The molecule has 0 radical (unpaired) electrons. The van der Waals surface area contributed by atoms with E-state index in [9.17, 15) is 0 Å². The fraction of sp³-hybridized carbons (Fsp3) is 0.250. The van der Waals surface area contributed by atoms with Crippen LogP contribution in [-0.2, 0) is 6.54 Å². The molecular weight excluding hydrogens is 170 g/mol. The van der Waals surface area contributed by atoms with Gasteiger partial charge in [0.15, 0.2) is 0 Å². The Morgan fingerprint density at radius 1 is 1.83 bits per heavy atom. The molecule has 0 bridgehead atoms. The maximum Gasteiger partial charge on any atom is 0.213 e. The van der Waals surface area contributed by atoms with Gasteiger partial charge in [-0.3, -0.25) is 0 Å². The summed E-state index contributed by atoms with van der Waals surface area (Å²) in [6.07, 6.45) is 3.36. The largest absolute Gasteiger partial charge is 0.319 e. The van der Waals surface area contributed by atoms with E-state index in [1.165, 1.54) is 0 Å². The second-order valence-corrected chi connectivity index (χ2v) is 2.71. The molecule has 4 heteroatoms. The Kier molecular flexibility index (Phi) is 2.94. The van der Waals surface area contributed by atoms with Crippen molar-refractivity contribution in [2.45, 2.75) is 6.54 Å². The van der Waals surface area contributed by atoms with Crippen molar-refractivity contribution in [3.8, 4) is 6.07 Å². The van der Waals surface area contributed by atoms with E-state index in [2.05, 4.69) is 24.2 Å². The van der Waals surface area contributed by atoms with E-state index in [-0.39, 0.29) is 0 Å². The van der Waals surface area contributed by atoms with E-state index in [0.29, 0.717) is 18.1 Å². The fourth-order valence-corrected chi connectivity index (χ4v) is 0.941. The van der Waals surface area contributed by atoms with Crippen LogP contribution in [0.4, 0.5) is 0 Å². The smallest absolute Gasteiger partial charge is 0.213 e. The van der Waals surface area contributed by atoms with Gasteiger partial charge in [0, 0.05) is 24.7 Å². The first-order valence-electron chi connectivity index (χ1n) is 3.46. The predicted molar refractivity (Wildman–Crippen MR) is 49.9 cm³/mol. The Bertz CT molecular complexity index is 321. The summed E-state index contributed by atoms with van der Waals surface area (Å²) in [5.41, 5.74) is 0.966. The van der Waals surface area contributed by atoms with Crippen molar-refractivity contribution in [2.75, 3.05) is 5.75 Å². The highest BCUT2D eigenvalue weighted by molar-refractivity contribution is 7.80. The third-order valence-corrected chi connectivity index (χ3v) is 1.88. The standard InChI is InChI=1S/C8H9N3S/c1-7(6-12)5-11-3-2-10-8(11)4-9/h2-3,12H,1,5-6H2. The number of hydrogen-bond acceptors (Lipinski definition) is 3. The van der Waals surface area contributed by atoms with Gasteiger partial charge in [-0.15, -0.1) is 0 Å². The van der Waals surface area contributed by atoms with Crippen LogP contribution in [0.5, 0.6) is 0 Å².